The van der Waals surface area contributed by atoms with E-state index in [2.05, 4.69) is 32.9 Å². The number of aliphatic carboxylic acids is 1. The lowest BCUT2D eigenvalue weighted by atomic mass is 9.90. The molecule has 0 spiro atoms. The molecule has 144 valence electrons. The maximum absolute atomic E-state index is 10.7. The lowest BCUT2D eigenvalue weighted by Crippen LogP contribution is -2.29. The molecule has 0 aliphatic carbocycles. The normalized spacial score (nSPS) is 16.6. The van der Waals surface area contributed by atoms with Gasteiger partial charge in [0, 0.05) is 23.3 Å². The highest BCUT2D eigenvalue weighted by Gasteiger charge is 2.27. The second kappa shape index (κ2) is 8.30. The van der Waals surface area contributed by atoms with Gasteiger partial charge in [0.25, 0.3) is 0 Å². The number of benzene rings is 1. The summed E-state index contributed by atoms with van der Waals surface area (Å²) in [7, 11) is 1.65. The number of carboxylic acids is 1. The van der Waals surface area contributed by atoms with Crippen LogP contribution in [0.5, 0.6) is 11.5 Å². The molecule has 27 heavy (non-hydrogen) atoms. The van der Waals surface area contributed by atoms with Crippen LogP contribution >= 0.6 is 0 Å². The number of rotatable bonds is 6. The molecule has 4 heteroatoms. The first-order valence-electron chi connectivity index (χ1n) is 9.06. The van der Waals surface area contributed by atoms with Crippen LogP contribution in [0.3, 0.4) is 0 Å². The zero-order chi connectivity index (χ0) is 20.2. The number of hydrogen-bond acceptors (Lipinski definition) is 3. The molecular formula is C23H28O4. The number of allylic oxidation sites excluding steroid dienone is 6. The lowest BCUT2D eigenvalue weighted by Gasteiger charge is -2.32. The summed E-state index contributed by atoms with van der Waals surface area (Å²) in [5.41, 5.74) is 4.69. The summed E-state index contributed by atoms with van der Waals surface area (Å²) >= 11 is 0. The van der Waals surface area contributed by atoms with Gasteiger partial charge in [0.2, 0.25) is 0 Å². The van der Waals surface area contributed by atoms with Gasteiger partial charge in [0.15, 0.2) is 0 Å². The van der Waals surface area contributed by atoms with E-state index in [1.807, 2.05) is 25.1 Å². The minimum absolute atomic E-state index is 0.341. The topological polar surface area (TPSA) is 55.8 Å². The van der Waals surface area contributed by atoms with Gasteiger partial charge in [-0.1, -0.05) is 25.2 Å². The van der Waals surface area contributed by atoms with E-state index in [1.165, 1.54) is 11.6 Å². The van der Waals surface area contributed by atoms with Crippen molar-refractivity contribution in [3.05, 3.63) is 59.2 Å². The van der Waals surface area contributed by atoms with Crippen molar-refractivity contribution < 1.29 is 19.4 Å². The van der Waals surface area contributed by atoms with Crippen LogP contribution in [0.1, 0.15) is 52.2 Å². The van der Waals surface area contributed by atoms with Gasteiger partial charge < -0.3 is 14.6 Å². The van der Waals surface area contributed by atoms with Crippen molar-refractivity contribution in [2.75, 3.05) is 7.11 Å². The Bertz CT molecular complexity index is 851. The number of methoxy groups -OCH3 is 1. The summed E-state index contributed by atoms with van der Waals surface area (Å²) in [5.74, 6) is 0.640. The van der Waals surface area contributed by atoms with Crippen LogP contribution in [0.4, 0.5) is 0 Å². The third kappa shape index (κ3) is 5.13. The van der Waals surface area contributed by atoms with E-state index in [4.69, 9.17) is 14.6 Å². The largest absolute Gasteiger partial charge is 0.496 e. The van der Waals surface area contributed by atoms with E-state index in [1.54, 1.807) is 20.1 Å². The fourth-order valence-electron chi connectivity index (χ4n) is 3.15. The zero-order valence-electron chi connectivity index (χ0n) is 16.9. The van der Waals surface area contributed by atoms with E-state index in [-0.39, 0.29) is 5.60 Å². The van der Waals surface area contributed by atoms with Crippen LogP contribution in [0.2, 0.25) is 0 Å². The van der Waals surface area contributed by atoms with Gasteiger partial charge >= 0.3 is 5.97 Å². The highest BCUT2D eigenvalue weighted by molar-refractivity contribution is 5.82. The van der Waals surface area contributed by atoms with E-state index >= 15 is 0 Å². The third-order valence-corrected chi connectivity index (χ3v) is 4.40. The van der Waals surface area contributed by atoms with Gasteiger partial charge in [-0.2, -0.15) is 0 Å². The minimum atomic E-state index is -0.948. The maximum atomic E-state index is 10.7. The SMILES string of the molecule is CCC1=CC(C)(C)Oc2cc(OC)c(\C(C)=C/C=C/C(C)=C/C(=O)O)cc21. The van der Waals surface area contributed by atoms with Crippen LogP contribution in [0.15, 0.2) is 48.1 Å². The number of fused-ring (bicyclic) bond motifs is 1. The van der Waals surface area contributed by atoms with Gasteiger partial charge in [-0.3, -0.25) is 0 Å². The molecule has 1 N–H and O–H groups in total. The fourth-order valence-corrected chi connectivity index (χ4v) is 3.15. The molecule has 1 aliphatic rings. The first-order valence-corrected chi connectivity index (χ1v) is 9.06. The Hall–Kier alpha value is -2.75. The molecule has 0 amide bonds. The molecule has 0 atom stereocenters. The summed E-state index contributed by atoms with van der Waals surface area (Å²) < 4.78 is 11.7. The molecule has 4 nitrogen and oxygen atoms in total. The second-order valence-electron chi connectivity index (χ2n) is 7.21. The Morgan fingerprint density at radius 3 is 2.59 bits per heavy atom. The second-order valence-corrected chi connectivity index (χ2v) is 7.21. The van der Waals surface area contributed by atoms with Crippen molar-refractivity contribution in [2.24, 2.45) is 0 Å². The molecular weight excluding hydrogens is 340 g/mol. The van der Waals surface area contributed by atoms with E-state index in [0.717, 1.165) is 34.6 Å². The van der Waals surface area contributed by atoms with Gasteiger partial charge in [0.05, 0.1) is 7.11 Å². The van der Waals surface area contributed by atoms with Crippen molar-refractivity contribution in [1.82, 2.24) is 0 Å². The predicted molar refractivity (Wildman–Crippen MR) is 110 cm³/mol. The zero-order valence-corrected chi connectivity index (χ0v) is 16.9. The van der Waals surface area contributed by atoms with Crippen LogP contribution < -0.4 is 9.47 Å². The molecule has 1 aromatic rings. The molecule has 1 heterocycles. The Morgan fingerprint density at radius 1 is 1.30 bits per heavy atom. The van der Waals surface area contributed by atoms with Crippen molar-refractivity contribution in [3.63, 3.8) is 0 Å². The predicted octanol–water partition coefficient (Wildman–Crippen LogP) is 5.65. The van der Waals surface area contributed by atoms with Crippen molar-refractivity contribution in [3.8, 4) is 11.5 Å². The number of ether oxygens (including phenoxy) is 2. The van der Waals surface area contributed by atoms with Crippen LogP contribution in [0, 0.1) is 0 Å². The Morgan fingerprint density at radius 2 is 2.00 bits per heavy atom. The van der Waals surface area contributed by atoms with Crippen LogP contribution in [-0.4, -0.2) is 23.8 Å². The Labute approximate surface area is 161 Å². The fraction of sp³-hybridized carbons (Fsp3) is 0.348. The van der Waals surface area contributed by atoms with E-state index < -0.39 is 5.97 Å². The molecule has 0 saturated carbocycles. The van der Waals surface area contributed by atoms with Crippen LogP contribution in [0.25, 0.3) is 11.1 Å². The third-order valence-electron chi connectivity index (χ3n) is 4.40. The quantitative estimate of drug-likeness (QED) is 0.521. The molecule has 0 fully saturated rings. The standard InChI is InChI=1S/C23H28O4/c1-7-17-14-23(4,5)27-21-13-20(26-6)18(12-19(17)21)16(3)10-8-9-15(2)11-22(24)25/h8-14H,7H2,1-6H3,(H,24,25)/b9-8+,15-11+,16-10-. The minimum Gasteiger partial charge on any atom is -0.496 e. The van der Waals surface area contributed by atoms with Crippen molar-refractivity contribution >= 4 is 17.1 Å². The highest BCUT2D eigenvalue weighted by Crippen LogP contribution is 2.42. The molecule has 1 aromatic carbocycles. The highest BCUT2D eigenvalue weighted by atomic mass is 16.5. The Kier molecular flexibility index (Phi) is 6.32. The molecule has 0 aromatic heterocycles. The smallest absolute Gasteiger partial charge is 0.328 e. The summed E-state index contributed by atoms with van der Waals surface area (Å²) in [6.45, 7) is 10.0. The number of carbonyl (C=O) groups is 1. The van der Waals surface area contributed by atoms with Crippen LogP contribution in [-0.2, 0) is 4.79 Å². The summed E-state index contributed by atoms with van der Waals surface area (Å²) in [5, 5.41) is 8.78. The number of carboxylic acid groups (broad SMARTS) is 1. The maximum Gasteiger partial charge on any atom is 0.328 e. The molecule has 0 saturated heterocycles. The average molecular weight is 368 g/mol. The molecule has 0 unspecified atom stereocenters. The molecule has 1 aliphatic heterocycles. The molecule has 2 rings (SSSR count). The van der Waals surface area contributed by atoms with Gasteiger partial charge in [-0.25, -0.2) is 4.79 Å². The Balaban J connectivity index is 2.44. The summed E-state index contributed by atoms with van der Waals surface area (Å²) in [4.78, 5) is 10.7. The van der Waals surface area contributed by atoms with Gasteiger partial charge in [0.1, 0.15) is 17.1 Å². The first kappa shape index (κ1) is 20.6. The molecule has 0 radical (unpaired) electrons. The number of hydrogen-bond donors (Lipinski definition) is 1. The first-order chi connectivity index (χ1) is 12.7. The average Bonchev–Trinajstić information content (AvgIpc) is 2.58. The summed E-state index contributed by atoms with van der Waals surface area (Å²) in [6, 6.07) is 4.06. The lowest BCUT2D eigenvalue weighted by molar-refractivity contribution is -0.131. The van der Waals surface area contributed by atoms with E-state index in [0.29, 0.717) is 5.57 Å². The van der Waals surface area contributed by atoms with E-state index in [9.17, 15) is 4.79 Å². The van der Waals surface area contributed by atoms with Gasteiger partial charge in [-0.15, -0.1) is 0 Å². The molecule has 0 bridgehead atoms. The van der Waals surface area contributed by atoms with Gasteiger partial charge in [-0.05, 0) is 63.0 Å². The monoisotopic (exact) mass is 368 g/mol. The summed E-state index contributed by atoms with van der Waals surface area (Å²) in [6.07, 6.45) is 9.84. The van der Waals surface area contributed by atoms with Crippen molar-refractivity contribution in [1.29, 1.82) is 0 Å². The van der Waals surface area contributed by atoms with Crippen molar-refractivity contribution in [2.45, 2.75) is 46.6 Å².